The maximum absolute atomic E-state index is 5.79. The average Bonchev–Trinajstić information content (AvgIpc) is 3.22. The zero-order valence-electron chi connectivity index (χ0n) is 11.9. The number of rotatable bonds is 3. The molecule has 0 saturated carbocycles. The lowest BCUT2D eigenvalue weighted by atomic mass is 9.89. The van der Waals surface area contributed by atoms with Crippen molar-refractivity contribution in [3.8, 4) is 0 Å². The highest BCUT2D eigenvalue weighted by Crippen LogP contribution is 2.39. The van der Waals surface area contributed by atoms with Gasteiger partial charge < -0.3 is 14.6 Å². The highest BCUT2D eigenvalue weighted by Gasteiger charge is 2.43. The smallest absolute Gasteiger partial charge is 0.231 e. The van der Waals surface area contributed by atoms with Gasteiger partial charge in [-0.3, -0.25) is 4.90 Å². The summed E-state index contributed by atoms with van der Waals surface area (Å²) in [5.41, 5.74) is 0. The third kappa shape index (κ3) is 2.16. The molecule has 0 amide bonds. The van der Waals surface area contributed by atoms with Crippen LogP contribution in [0.2, 0.25) is 0 Å². The number of morpholine rings is 1. The third-order valence-electron chi connectivity index (χ3n) is 4.96. The summed E-state index contributed by atoms with van der Waals surface area (Å²) in [4.78, 5) is 7.00. The van der Waals surface area contributed by atoms with Gasteiger partial charge in [-0.2, -0.15) is 4.98 Å². The summed E-state index contributed by atoms with van der Waals surface area (Å²) >= 11 is 0. The molecule has 110 valence electrons. The van der Waals surface area contributed by atoms with Crippen LogP contribution in [0.1, 0.15) is 49.9 Å². The summed E-state index contributed by atoms with van der Waals surface area (Å²) in [6.07, 6.45) is 3.63. The van der Waals surface area contributed by atoms with E-state index < -0.39 is 0 Å². The molecule has 20 heavy (non-hydrogen) atoms. The lowest BCUT2D eigenvalue weighted by Crippen LogP contribution is -2.38. The summed E-state index contributed by atoms with van der Waals surface area (Å²) in [7, 11) is 0. The fourth-order valence-electron chi connectivity index (χ4n) is 3.77. The molecule has 1 aromatic heterocycles. The fraction of sp³-hybridized carbons (Fsp3) is 0.857. The maximum Gasteiger partial charge on any atom is 0.231 e. The molecule has 3 fully saturated rings. The van der Waals surface area contributed by atoms with Crippen molar-refractivity contribution in [3.05, 3.63) is 11.7 Å². The van der Waals surface area contributed by atoms with Crippen LogP contribution in [0.3, 0.4) is 0 Å². The van der Waals surface area contributed by atoms with Crippen LogP contribution in [0, 0.1) is 0 Å². The Morgan fingerprint density at radius 3 is 3.10 bits per heavy atom. The van der Waals surface area contributed by atoms with Crippen LogP contribution in [-0.4, -0.2) is 53.4 Å². The predicted octanol–water partition coefficient (Wildman–Crippen LogP) is 1.07. The Balaban J connectivity index is 1.48. The van der Waals surface area contributed by atoms with E-state index in [1.807, 2.05) is 0 Å². The Bertz CT molecular complexity index is 477. The van der Waals surface area contributed by atoms with Crippen LogP contribution in [0.5, 0.6) is 0 Å². The first-order valence-electron chi connectivity index (χ1n) is 7.77. The van der Waals surface area contributed by atoms with Crippen molar-refractivity contribution in [3.63, 3.8) is 0 Å². The van der Waals surface area contributed by atoms with Gasteiger partial charge in [0, 0.05) is 25.2 Å². The molecule has 0 spiro atoms. The number of ether oxygens (including phenoxy) is 1. The van der Waals surface area contributed by atoms with E-state index in [0.29, 0.717) is 18.0 Å². The van der Waals surface area contributed by atoms with Crippen molar-refractivity contribution in [2.45, 2.75) is 50.3 Å². The van der Waals surface area contributed by atoms with Crippen LogP contribution >= 0.6 is 0 Å². The second kappa shape index (κ2) is 5.09. The topological polar surface area (TPSA) is 63.4 Å². The van der Waals surface area contributed by atoms with Crippen LogP contribution in [-0.2, 0) is 4.74 Å². The molecule has 1 aromatic rings. The minimum atomic E-state index is -0.0345. The Morgan fingerprint density at radius 1 is 1.40 bits per heavy atom. The molecule has 0 aliphatic carbocycles. The number of hydrogen-bond acceptors (Lipinski definition) is 6. The molecule has 4 rings (SSSR count). The lowest BCUT2D eigenvalue weighted by Gasteiger charge is -2.30. The summed E-state index contributed by atoms with van der Waals surface area (Å²) in [6, 6.07) is 1.19. The molecule has 4 unspecified atom stereocenters. The number of nitrogens with one attached hydrogen (secondary N) is 1. The highest BCUT2D eigenvalue weighted by molar-refractivity contribution is 5.10. The van der Waals surface area contributed by atoms with E-state index in [4.69, 9.17) is 9.26 Å². The first-order chi connectivity index (χ1) is 9.83. The van der Waals surface area contributed by atoms with Gasteiger partial charge in [0.2, 0.25) is 11.7 Å². The van der Waals surface area contributed by atoms with Crippen LogP contribution in [0.25, 0.3) is 0 Å². The molecule has 3 aliphatic rings. The van der Waals surface area contributed by atoms with Gasteiger partial charge in [-0.1, -0.05) is 12.1 Å². The van der Waals surface area contributed by atoms with Gasteiger partial charge in [-0.05, 0) is 25.8 Å². The Labute approximate surface area is 118 Å². The van der Waals surface area contributed by atoms with E-state index in [0.717, 1.165) is 44.4 Å². The number of likely N-dealkylation sites (N-methyl/N-ethyl adjacent to an activating group) is 1. The molecule has 3 saturated heterocycles. The van der Waals surface area contributed by atoms with Gasteiger partial charge in [0.25, 0.3) is 0 Å². The molecule has 4 heterocycles. The van der Waals surface area contributed by atoms with E-state index in [1.165, 1.54) is 12.8 Å². The molecule has 3 aliphatic heterocycles. The van der Waals surface area contributed by atoms with Crippen LogP contribution in [0.4, 0.5) is 0 Å². The SMILES string of the molecule is CCN1CCOC(c2noc(C3CC4CCC3N4)n2)C1. The fourth-order valence-corrected chi connectivity index (χ4v) is 3.77. The molecule has 2 bridgehead atoms. The van der Waals surface area contributed by atoms with E-state index in [2.05, 4.69) is 27.3 Å². The van der Waals surface area contributed by atoms with Gasteiger partial charge in [0.05, 0.1) is 12.5 Å². The van der Waals surface area contributed by atoms with Gasteiger partial charge in [0.1, 0.15) is 6.10 Å². The summed E-state index contributed by atoms with van der Waals surface area (Å²) in [5.74, 6) is 1.93. The molecular weight excluding hydrogens is 256 g/mol. The molecular formula is C14H22N4O2. The summed E-state index contributed by atoms with van der Waals surface area (Å²) in [6.45, 7) is 5.82. The van der Waals surface area contributed by atoms with Crippen LogP contribution < -0.4 is 5.32 Å². The second-order valence-corrected chi connectivity index (χ2v) is 6.13. The van der Waals surface area contributed by atoms with E-state index in [-0.39, 0.29) is 6.10 Å². The first-order valence-corrected chi connectivity index (χ1v) is 7.77. The minimum absolute atomic E-state index is 0.0345. The van der Waals surface area contributed by atoms with Crippen molar-refractivity contribution in [2.24, 2.45) is 0 Å². The Morgan fingerprint density at radius 2 is 2.35 bits per heavy atom. The molecule has 0 aromatic carbocycles. The average molecular weight is 278 g/mol. The first kappa shape index (κ1) is 12.7. The largest absolute Gasteiger partial charge is 0.367 e. The van der Waals surface area contributed by atoms with E-state index in [1.54, 1.807) is 0 Å². The zero-order valence-corrected chi connectivity index (χ0v) is 11.9. The van der Waals surface area contributed by atoms with Gasteiger partial charge in [0.15, 0.2) is 0 Å². The minimum Gasteiger partial charge on any atom is -0.367 e. The molecule has 1 N–H and O–H groups in total. The monoisotopic (exact) mass is 278 g/mol. The molecule has 6 heteroatoms. The van der Waals surface area contributed by atoms with Crippen molar-refractivity contribution >= 4 is 0 Å². The standard InChI is InChI=1S/C14H22N4O2/c1-2-18-5-6-19-12(8-18)13-16-14(20-17-13)10-7-9-3-4-11(10)15-9/h9-12,15H,2-8H2,1H3. The van der Waals surface area contributed by atoms with Gasteiger partial charge >= 0.3 is 0 Å². The zero-order chi connectivity index (χ0) is 13.5. The van der Waals surface area contributed by atoms with Crippen molar-refractivity contribution in [2.75, 3.05) is 26.2 Å². The predicted molar refractivity (Wildman–Crippen MR) is 72.4 cm³/mol. The lowest BCUT2D eigenvalue weighted by molar-refractivity contribution is -0.0334. The quantitative estimate of drug-likeness (QED) is 0.892. The van der Waals surface area contributed by atoms with Crippen molar-refractivity contribution in [1.82, 2.24) is 20.4 Å². The van der Waals surface area contributed by atoms with E-state index in [9.17, 15) is 0 Å². The molecule has 6 nitrogen and oxygen atoms in total. The third-order valence-corrected chi connectivity index (χ3v) is 4.96. The number of nitrogens with zero attached hydrogens (tertiary/aromatic N) is 3. The Kier molecular flexibility index (Phi) is 3.24. The maximum atomic E-state index is 5.79. The summed E-state index contributed by atoms with van der Waals surface area (Å²) in [5, 5.41) is 7.79. The van der Waals surface area contributed by atoms with Gasteiger partial charge in [-0.15, -0.1) is 0 Å². The second-order valence-electron chi connectivity index (χ2n) is 6.13. The van der Waals surface area contributed by atoms with E-state index >= 15 is 0 Å². The van der Waals surface area contributed by atoms with Crippen molar-refractivity contribution in [1.29, 1.82) is 0 Å². The number of fused-ring (bicyclic) bond motifs is 2. The van der Waals surface area contributed by atoms with Gasteiger partial charge in [-0.25, -0.2) is 0 Å². The highest BCUT2D eigenvalue weighted by atomic mass is 16.5. The number of hydrogen-bond donors (Lipinski definition) is 1. The molecule has 4 atom stereocenters. The number of aromatic nitrogens is 2. The van der Waals surface area contributed by atoms with Crippen molar-refractivity contribution < 1.29 is 9.26 Å². The summed E-state index contributed by atoms with van der Waals surface area (Å²) < 4.78 is 11.3. The van der Waals surface area contributed by atoms with Crippen LogP contribution in [0.15, 0.2) is 4.52 Å². The normalized spacial score (nSPS) is 37.6. The Hall–Kier alpha value is -0.980. The molecule has 0 radical (unpaired) electrons.